The lowest BCUT2D eigenvalue weighted by atomic mass is 9.83. The molecule has 2 heterocycles. The number of anilines is 1. The van der Waals surface area contributed by atoms with Crippen LogP contribution in [0.2, 0.25) is 0 Å². The van der Waals surface area contributed by atoms with Crippen LogP contribution in [0.15, 0.2) is 65.4 Å². The van der Waals surface area contributed by atoms with Crippen LogP contribution in [-0.2, 0) is 9.53 Å². The molecule has 4 aromatic rings. The summed E-state index contributed by atoms with van der Waals surface area (Å²) in [7, 11) is 0. The standard InChI is InChI=1S/C24H14N2O5S2/c27-19(11-31-24(30)17-12-33-23(26-17)18-9-4-10-32-18)25-16-8-3-7-15-20(16)22(29)14-6-2-1-5-13(14)21(15)28/h1-10,12H,11H2,(H,25,27). The maximum absolute atomic E-state index is 13.0. The van der Waals surface area contributed by atoms with Crippen LogP contribution in [0.5, 0.6) is 0 Å². The number of aromatic nitrogens is 1. The van der Waals surface area contributed by atoms with Crippen molar-refractivity contribution in [3.05, 3.63) is 93.3 Å². The highest BCUT2D eigenvalue weighted by atomic mass is 32.1. The molecular formula is C24H14N2O5S2. The van der Waals surface area contributed by atoms with Crippen LogP contribution >= 0.6 is 22.7 Å². The molecule has 2 aromatic heterocycles. The fourth-order valence-corrected chi connectivity index (χ4v) is 5.12. The molecule has 0 saturated heterocycles. The summed E-state index contributed by atoms with van der Waals surface area (Å²) in [6, 6.07) is 15.0. The second-order valence-corrected chi connectivity index (χ2v) is 8.88. The van der Waals surface area contributed by atoms with Gasteiger partial charge in [-0.25, -0.2) is 9.78 Å². The number of rotatable bonds is 5. The Morgan fingerprint density at radius 2 is 1.64 bits per heavy atom. The largest absolute Gasteiger partial charge is 0.451 e. The Hall–Kier alpha value is -3.95. The minimum atomic E-state index is -0.723. The molecule has 1 N–H and O–H groups in total. The zero-order valence-electron chi connectivity index (χ0n) is 16.9. The van der Waals surface area contributed by atoms with Gasteiger partial charge in [-0.2, -0.15) is 0 Å². The lowest BCUT2D eigenvalue weighted by molar-refractivity contribution is -0.119. The van der Waals surface area contributed by atoms with E-state index in [9.17, 15) is 19.2 Å². The van der Waals surface area contributed by atoms with Gasteiger partial charge in [0.2, 0.25) is 0 Å². The third-order valence-electron chi connectivity index (χ3n) is 5.01. The molecule has 162 valence electrons. The molecule has 0 saturated carbocycles. The highest BCUT2D eigenvalue weighted by Crippen LogP contribution is 2.32. The average Bonchev–Trinajstić information content (AvgIpc) is 3.53. The van der Waals surface area contributed by atoms with Gasteiger partial charge in [0.1, 0.15) is 5.01 Å². The monoisotopic (exact) mass is 474 g/mol. The van der Waals surface area contributed by atoms with Gasteiger partial charge in [0.05, 0.1) is 16.1 Å². The first kappa shape index (κ1) is 20.9. The van der Waals surface area contributed by atoms with E-state index in [0.29, 0.717) is 10.6 Å². The summed E-state index contributed by atoms with van der Waals surface area (Å²) in [5.41, 5.74) is 1.27. The molecular weight excluding hydrogens is 460 g/mol. The zero-order chi connectivity index (χ0) is 22.9. The summed E-state index contributed by atoms with van der Waals surface area (Å²) in [6.45, 7) is -0.562. The number of hydrogen-bond acceptors (Lipinski definition) is 8. The number of benzene rings is 2. The van der Waals surface area contributed by atoms with Gasteiger partial charge in [-0.1, -0.05) is 42.5 Å². The van der Waals surface area contributed by atoms with E-state index in [2.05, 4.69) is 10.3 Å². The minimum Gasteiger partial charge on any atom is -0.451 e. The molecule has 9 heteroatoms. The summed E-state index contributed by atoms with van der Waals surface area (Å²) in [5, 5.41) is 6.77. The van der Waals surface area contributed by atoms with Crippen molar-refractivity contribution < 1.29 is 23.9 Å². The van der Waals surface area contributed by atoms with Gasteiger partial charge in [-0.05, 0) is 17.5 Å². The predicted molar refractivity (Wildman–Crippen MR) is 124 cm³/mol. The average molecular weight is 475 g/mol. The van der Waals surface area contributed by atoms with E-state index in [1.807, 2.05) is 17.5 Å². The predicted octanol–water partition coefficient (Wildman–Crippen LogP) is 4.44. The third kappa shape index (κ3) is 3.88. The number of thiophene rings is 1. The van der Waals surface area contributed by atoms with Gasteiger partial charge in [0.15, 0.2) is 23.9 Å². The zero-order valence-corrected chi connectivity index (χ0v) is 18.5. The van der Waals surface area contributed by atoms with Crippen molar-refractivity contribution in [2.75, 3.05) is 11.9 Å². The van der Waals surface area contributed by atoms with Crippen molar-refractivity contribution in [3.63, 3.8) is 0 Å². The Balaban J connectivity index is 1.29. The first-order valence-corrected chi connectivity index (χ1v) is 11.6. The van der Waals surface area contributed by atoms with E-state index >= 15 is 0 Å². The van der Waals surface area contributed by atoms with Gasteiger partial charge in [-0.3, -0.25) is 14.4 Å². The molecule has 1 aliphatic rings. The van der Waals surface area contributed by atoms with Crippen molar-refractivity contribution in [1.29, 1.82) is 0 Å². The number of carbonyl (C=O) groups excluding carboxylic acids is 4. The van der Waals surface area contributed by atoms with Crippen LogP contribution in [0, 0.1) is 0 Å². The normalized spacial score (nSPS) is 12.1. The van der Waals surface area contributed by atoms with Crippen LogP contribution in [0.3, 0.4) is 0 Å². The number of carbonyl (C=O) groups is 4. The summed E-state index contributed by atoms with van der Waals surface area (Å²) < 4.78 is 5.09. The minimum absolute atomic E-state index is 0.116. The SMILES string of the molecule is O=C(COC(=O)c1csc(-c2cccs2)n1)Nc1cccc2c1C(=O)c1ccccc1C2=O. The summed E-state index contributed by atoms with van der Waals surface area (Å²) in [6.07, 6.45) is 0. The molecule has 0 spiro atoms. The highest BCUT2D eigenvalue weighted by molar-refractivity contribution is 7.20. The smallest absolute Gasteiger partial charge is 0.358 e. The van der Waals surface area contributed by atoms with Gasteiger partial charge >= 0.3 is 5.97 Å². The Kier molecular flexibility index (Phi) is 5.41. The van der Waals surface area contributed by atoms with Gasteiger partial charge in [-0.15, -0.1) is 22.7 Å². The maximum atomic E-state index is 13.0. The molecule has 2 aromatic carbocycles. The van der Waals surface area contributed by atoms with Crippen molar-refractivity contribution in [2.45, 2.75) is 0 Å². The maximum Gasteiger partial charge on any atom is 0.358 e. The fourth-order valence-electron chi connectivity index (χ4n) is 3.52. The van der Waals surface area contributed by atoms with E-state index in [0.717, 1.165) is 4.88 Å². The van der Waals surface area contributed by atoms with Crippen molar-refractivity contribution >= 4 is 51.8 Å². The number of esters is 1. The Labute approximate surface area is 195 Å². The molecule has 1 amide bonds. The summed E-state index contributed by atoms with van der Waals surface area (Å²) >= 11 is 2.82. The van der Waals surface area contributed by atoms with Crippen LogP contribution in [0.25, 0.3) is 9.88 Å². The molecule has 33 heavy (non-hydrogen) atoms. The van der Waals surface area contributed by atoms with Crippen LogP contribution in [0.4, 0.5) is 5.69 Å². The van der Waals surface area contributed by atoms with Crippen molar-refractivity contribution in [2.24, 2.45) is 0 Å². The van der Waals surface area contributed by atoms with Crippen LogP contribution < -0.4 is 5.32 Å². The highest BCUT2D eigenvalue weighted by Gasteiger charge is 2.31. The number of nitrogens with zero attached hydrogens (tertiary/aromatic N) is 1. The number of nitrogens with one attached hydrogen (secondary N) is 1. The van der Waals surface area contributed by atoms with E-state index in [-0.39, 0.29) is 39.6 Å². The molecule has 0 unspecified atom stereocenters. The number of amides is 1. The number of ketones is 2. The van der Waals surface area contributed by atoms with Crippen LogP contribution in [0.1, 0.15) is 42.3 Å². The van der Waals surface area contributed by atoms with E-state index < -0.39 is 18.5 Å². The number of hydrogen-bond donors (Lipinski definition) is 1. The molecule has 0 fully saturated rings. The van der Waals surface area contributed by atoms with E-state index in [1.54, 1.807) is 41.8 Å². The van der Waals surface area contributed by atoms with Gasteiger partial charge < -0.3 is 10.1 Å². The Morgan fingerprint density at radius 3 is 2.39 bits per heavy atom. The molecule has 7 nitrogen and oxygen atoms in total. The lowest BCUT2D eigenvalue weighted by Crippen LogP contribution is -2.26. The molecule has 1 aliphatic carbocycles. The van der Waals surface area contributed by atoms with Gasteiger partial charge in [0, 0.05) is 22.1 Å². The second-order valence-electron chi connectivity index (χ2n) is 7.07. The molecule has 0 atom stereocenters. The van der Waals surface area contributed by atoms with Crippen molar-refractivity contribution in [1.82, 2.24) is 4.98 Å². The third-order valence-corrected chi connectivity index (χ3v) is 6.89. The summed E-state index contributed by atoms with van der Waals surface area (Å²) in [5.74, 6) is -1.99. The summed E-state index contributed by atoms with van der Waals surface area (Å²) in [4.78, 5) is 55.8. The molecule has 0 aliphatic heterocycles. The Morgan fingerprint density at radius 1 is 0.879 bits per heavy atom. The first-order valence-electron chi connectivity index (χ1n) is 9.81. The molecule has 0 radical (unpaired) electrons. The van der Waals surface area contributed by atoms with Gasteiger partial charge in [0.25, 0.3) is 5.91 Å². The fraction of sp³-hybridized carbons (Fsp3) is 0.0417. The molecule has 0 bridgehead atoms. The number of fused-ring (bicyclic) bond motifs is 2. The lowest BCUT2D eigenvalue weighted by Gasteiger charge is -2.20. The van der Waals surface area contributed by atoms with Crippen molar-refractivity contribution in [3.8, 4) is 9.88 Å². The molecule has 5 rings (SSSR count). The topological polar surface area (TPSA) is 102 Å². The number of ether oxygens (including phenoxy) is 1. The van der Waals surface area contributed by atoms with Crippen LogP contribution in [-0.4, -0.2) is 35.0 Å². The van der Waals surface area contributed by atoms with E-state index in [4.69, 9.17) is 4.74 Å². The first-order chi connectivity index (χ1) is 16.0. The Bertz CT molecular complexity index is 1420. The quantitative estimate of drug-likeness (QED) is 0.378. The van der Waals surface area contributed by atoms with E-state index in [1.165, 1.54) is 28.7 Å². The second kappa shape index (κ2) is 8.53. The number of thiazole rings is 1.